The van der Waals surface area contributed by atoms with Gasteiger partial charge in [0.15, 0.2) is 0 Å². The SMILES string of the molecule is CCCCC1CCc2c(cc(F)c(C#Cc3ccc(N=Nc4ccc(CC)cc4)cc3CC)c2F)C1. The second-order valence-electron chi connectivity index (χ2n) is 9.60. The molecular weight excluding hydrogens is 450 g/mol. The number of hydrogen-bond acceptors (Lipinski definition) is 2. The Hall–Kier alpha value is -3.32. The lowest BCUT2D eigenvalue weighted by Crippen LogP contribution is -2.17. The van der Waals surface area contributed by atoms with E-state index < -0.39 is 11.6 Å². The number of fused-ring (bicyclic) bond motifs is 1. The van der Waals surface area contributed by atoms with E-state index in [-0.39, 0.29) is 5.56 Å². The Morgan fingerprint density at radius 3 is 2.36 bits per heavy atom. The van der Waals surface area contributed by atoms with E-state index in [9.17, 15) is 4.39 Å². The molecule has 0 heterocycles. The van der Waals surface area contributed by atoms with Crippen molar-refractivity contribution in [2.75, 3.05) is 0 Å². The van der Waals surface area contributed by atoms with Crippen molar-refractivity contribution < 1.29 is 8.78 Å². The first kappa shape index (κ1) is 25.8. The van der Waals surface area contributed by atoms with E-state index in [1.165, 1.54) is 18.1 Å². The molecule has 1 unspecified atom stereocenters. The Morgan fingerprint density at radius 2 is 1.64 bits per heavy atom. The van der Waals surface area contributed by atoms with Crippen molar-refractivity contribution in [2.45, 2.75) is 72.1 Å². The van der Waals surface area contributed by atoms with Crippen LogP contribution in [0.2, 0.25) is 0 Å². The largest absolute Gasteiger partial charge is 0.206 e. The smallest absolute Gasteiger partial charge is 0.145 e. The normalized spacial score (nSPS) is 15.0. The summed E-state index contributed by atoms with van der Waals surface area (Å²) >= 11 is 0. The number of benzene rings is 3. The van der Waals surface area contributed by atoms with Crippen LogP contribution in [0.4, 0.5) is 20.2 Å². The van der Waals surface area contributed by atoms with Gasteiger partial charge in [-0.3, -0.25) is 0 Å². The molecule has 36 heavy (non-hydrogen) atoms. The monoisotopic (exact) mass is 484 g/mol. The maximum absolute atomic E-state index is 15.3. The van der Waals surface area contributed by atoms with Crippen LogP contribution in [0, 0.1) is 29.4 Å². The highest BCUT2D eigenvalue weighted by molar-refractivity contribution is 5.54. The first-order valence-electron chi connectivity index (χ1n) is 13.2. The van der Waals surface area contributed by atoms with E-state index in [0.717, 1.165) is 66.6 Å². The van der Waals surface area contributed by atoms with Crippen LogP contribution in [0.1, 0.15) is 79.8 Å². The zero-order valence-corrected chi connectivity index (χ0v) is 21.5. The summed E-state index contributed by atoms with van der Waals surface area (Å²) in [7, 11) is 0. The number of nitrogens with zero attached hydrogens (tertiary/aromatic N) is 2. The first-order valence-corrected chi connectivity index (χ1v) is 13.2. The zero-order chi connectivity index (χ0) is 25.5. The van der Waals surface area contributed by atoms with E-state index in [1.54, 1.807) is 0 Å². The lowest BCUT2D eigenvalue weighted by molar-refractivity contribution is 0.402. The number of rotatable bonds is 7. The average molecular weight is 485 g/mol. The van der Waals surface area contributed by atoms with Crippen LogP contribution in [-0.4, -0.2) is 0 Å². The van der Waals surface area contributed by atoms with Gasteiger partial charge in [0.05, 0.1) is 16.9 Å². The molecule has 1 aliphatic rings. The Morgan fingerprint density at radius 1 is 0.889 bits per heavy atom. The van der Waals surface area contributed by atoms with Crippen LogP contribution in [0.25, 0.3) is 0 Å². The summed E-state index contributed by atoms with van der Waals surface area (Å²) in [6.45, 7) is 6.32. The van der Waals surface area contributed by atoms with Crippen LogP contribution in [0.3, 0.4) is 0 Å². The molecule has 0 aromatic heterocycles. The molecule has 0 amide bonds. The molecule has 4 rings (SSSR count). The molecule has 1 atom stereocenters. The summed E-state index contributed by atoms with van der Waals surface area (Å²) in [5.74, 6) is 5.29. The summed E-state index contributed by atoms with van der Waals surface area (Å²) in [6, 6.07) is 15.1. The van der Waals surface area contributed by atoms with Crippen molar-refractivity contribution in [2.24, 2.45) is 16.1 Å². The molecular formula is C32H34F2N2. The highest BCUT2D eigenvalue weighted by Gasteiger charge is 2.24. The molecule has 4 heteroatoms. The Kier molecular flexibility index (Phi) is 8.65. The summed E-state index contributed by atoms with van der Waals surface area (Å²) in [6.07, 6.45) is 7.53. The van der Waals surface area contributed by atoms with Gasteiger partial charge in [0.2, 0.25) is 0 Å². The van der Waals surface area contributed by atoms with Crippen LogP contribution in [0.15, 0.2) is 58.8 Å². The third-order valence-electron chi connectivity index (χ3n) is 7.11. The highest BCUT2D eigenvalue weighted by atomic mass is 19.1. The predicted molar refractivity (Wildman–Crippen MR) is 143 cm³/mol. The molecule has 0 radical (unpaired) electrons. The summed E-state index contributed by atoms with van der Waals surface area (Å²) in [5.41, 5.74) is 5.83. The molecule has 0 spiro atoms. The fourth-order valence-corrected chi connectivity index (χ4v) is 4.88. The van der Waals surface area contributed by atoms with Gasteiger partial charge < -0.3 is 0 Å². The van der Waals surface area contributed by atoms with Gasteiger partial charge >= 0.3 is 0 Å². The first-order chi connectivity index (χ1) is 17.5. The van der Waals surface area contributed by atoms with Gasteiger partial charge in [0.25, 0.3) is 0 Å². The molecule has 0 saturated carbocycles. The number of hydrogen-bond donors (Lipinski definition) is 0. The second-order valence-corrected chi connectivity index (χ2v) is 9.60. The molecule has 2 nitrogen and oxygen atoms in total. The number of halogens is 2. The molecule has 1 aliphatic carbocycles. The molecule has 0 fully saturated rings. The molecule has 0 N–H and O–H groups in total. The van der Waals surface area contributed by atoms with Gasteiger partial charge in [0.1, 0.15) is 11.6 Å². The fraction of sp³-hybridized carbons (Fsp3) is 0.375. The molecule has 0 bridgehead atoms. The number of azo groups is 1. The predicted octanol–water partition coefficient (Wildman–Crippen LogP) is 9.20. The van der Waals surface area contributed by atoms with Gasteiger partial charge in [-0.15, -0.1) is 0 Å². The van der Waals surface area contributed by atoms with Gasteiger partial charge in [-0.05, 0) is 96.7 Å². The minimum absolute atomic E-state index is 0.123. The van der Waals surface area contributed by atoms with Crippen molar-refractivity contribution in [1.29, 1.82) is 0 Å². The quantitative estimate of drug-likeness (QED) is 0.236. The number of unbranched alkanes of at least 4 members (excludes halogenated alkanes) is 1. The van der Waals surface area contributed by atoms with Crippen molar-refractivity contribution in [1.82, 2.24) is 0 Å². The Balaban J connectivity index is 1.55. The van der Waals surface area contributed by atoms with Gasteiger partial charge in [-0.1, -0.05) is 64.0 Å². The minimum atomic E-state index is -0.563. The average Bonchev–Trinajstić information content (AvgIpc) is 2.91. The lowest BCUT2D eigenvalue weighted by Gasteiger charge is -2.25. The molecule has 186 valence electrons. The van der Waals surface area contributed by atoms with Crippen molar-refractivity contribution in [3.63, 3.8) is 0 Å². The summed E-state index contributed by atoms with van der Waals surface area (Å²) in [4.78, 5) is 0. The van der Waals surface area contributed by atoms with Gasteiger partial charge in [-0.25, -0.2) is 8.78 Å². The van der Waals surface area contributed by atoms with Gasteiger partial charge in [-0.2, -0.15) is 10.2 Å². The third-order valence-corrected chi connectivity index (χ3v) is 7.11. The van der Waals surface area contributed by atoms with Crippen LogP contribution in [0.5, 0.6) is 0 Å². The maximum atomic E-state index is 15.3. The van der Waals surface area contributed by atoms with Crippen LogP contribution < -0.4 is 0 Å². The van der Waals surface area contributed by atoms with Crippen molar-refractivity contribution in [3.8, 4) is 11.8 Å². The van der Waals surface area contributed by atoms with E-state index in [4.69, 9.17) is 0 Å². The van der Waals surface area contributed by atoms with E-state index in [0.29, 0.717) is 17.9 Å². The van der Waals surface area contributed by atoms with E-state index in [2.05, 4.69) is 35.9 Å². The topological polar surface area (TPSA) is 24.7 Å². The zero-order valence-electron chi connectivity index (χ0n) is 21.5. The van der Waals surface area contributed by atoms with Crippen LogP contribution in [-0.2, 0) is 25.7 Å². The molecule has 0 aliphatic heterocycles. The maximum Gasteiger partial charge on any atom is 0.145 e. The van der Waals surface area contributed by atoms with Gasteiger partial charge in [0, 0.05) is 5.56 Å². The fourth-order valence-electron chi connectivity index (χ4n) is 4.88. The third kappa shape index (κ3) is 6.08. The molecule has 3 aromatic rings. The number of aryl methyl sites for hydroxylation is 2. The van der Waals surface area contributed by atoms with Crippen LogP contribution >= 0.6 is 0 Å². The van der Waals surface area contributed by atoms with E-state index in [1.807, 2.05) is 49.4 Å². The van der Waals surface area contributed by atoms with Crippen molar-refractivity contribution >= 4 is 11.4 Å². The Labute approximate surface area is 213 Å². The highest BCUT2D eigenvalue weighted by Crippen LogP contribution is 2.33. The van der Waals surface area contributed by atoms with E-state index >= 15 is 4.39 Å². The standard InChI is InChI=1S/C32H34F2N2/c1-4-7-8-23-11-17-29-26(19-23)21-31(33)30(32(29)34)18-13-25-12-16-28(20-24(25)6-3)36-35-27-14-9-22(5-2)10-15-27/h9-10,12,14-16,20-21,23H,4-8,11,17,19H2,1-3H3. The lowest BCUT2D eigenvalue weighted by atomic mass is 9.80. The summed E-state index contributed by atoms with van der Waals surface area (Å²) < 4.78 is 30.2. The minimum Gasteiger partial charge on any atom is -0.206 e. The molecule has 0 saturated heterocycles. The molecule has 3 aromatic carbocycles. The summed E-state index contributed by atoms with van der Waals surface area (Å²) in [5, 5.41) is 8.68. The Bertz CT molecular complexity index is 1300. The van der Waals surface area contributed by atoms with Crippen molar-refractivity contribution in [3.05, 3.63) is 93.5 Å². The second kappa shape index (κ2) is 12.1.